The maximum atomic E-state index is 14.8. The highest BCUT2D eigenvalue weighted by Crippen LogP contribution is 2.22. The first-order valence-corrected chi connectivity index (χ1v) is 11.0. The lowest BCUT2D eigenvalue weighted by Gasteiger charge is -2.27. The SMILES string of the molecule is O=C(Nc1ccc(C(=O)c2ccc3ncc(N4CCOCC4)nc3c2)c(F)c1)c1cccc(F)c1. The third-order valence-electron chi connectivity index (χ3n) is 5.69. The Morgan fingerprint density at radius 3 is 2.51 bits per heavy atom. The van der Waals surface area contributed by atoms with Crippen LogP contribution in [0.2, 0.25) is 0 Å². The van der Waals surface area contributed by atoms with Crippen LogP contribution in [0.1, 0.15) is 26.3 Å². The molecule has 0 radical (unpaired) electrons. The highest BCUT2D eigenvalue weighted by Gasteiger charge is 2.18. The smallest absolute Gasteiger partial charge is 0.255 e. The van der Waals surface area contributed by atoms with Crippen molar-refractivity contribution < 1.29 is 23.1 Å². The minimum absolute atomic E-state index is 0.0966. The van der Waals surface area contributed by atoms with Crippen molar-refractivity contribution in [1.82, 2.24) is 9.97 Å². The molecule has 9 heteroatoms. The molecule has 0 aliphatic carbocycles. The monoisotopic (exact) mass is 474 g/mol. The van der Waals surface area contributed by atoms with E-state index in [2.05, 4.69) is 20.2 Å². The van der Waals surface area contributed by atoms with Crippen molar-refractivity contribution in [2.24, 2.45) is 0 Å². The number of hydrogen-bond donors (Lipinski definition) is 1. The number of ether oxygens (including phenoxy) is 1. The fourth-order valence-electron chi connectivity index (χ4n) is 3.85. The van der Waals surface area contributed by atoms with Gasteiger partial charge in [0.1, 0.15) is 17.5 Å². The van der Waals surface area contributed by atoms with Crippen LogP contribution in [-0.2, 0) is 4.74 Å². The molecule has 176 valence electrons. The third kappa shape index (κ3) is 4.85. The van der Waals surface area contributed by atoms with Gasteiger partial charge < -0.3 is 15.0 Å². The van der Waals surface area contributed by atoms with Crippen LogP contribution >= 0.6 is 0 Å². The van der Waals surface area contributed by atoms with Gasteiger partial charge in [0.05, 0.1) is 36.0 Å². The van der Waals surface area contributed by atoms with Crippen molar-refractivity contribution >= 4 is 34.2 Å². The zero-order valence-corrected chi connectivity index (χ0v) is 18.5. The topological polar surface area (TPSA) is 84.4 Å². The van der Waals surface area contributed by atoms with Gasteiger partial charge in [0.25, 0.3) is 5.91 Å². The van der Waals surface area contributed by atoms with Crippen molar-refractivity contribution in [3.8, 4) is 0 Å². The van der Waals surface area contributed by atoms with Crippen LogP contribution < -0.4 is 10.2 Å². The van der Waals surface area contributed by atoms with Gasteiger partial charge >= 0.3 is 0 Å². The summed E-state index contributed by atoms with van der Waals surface area (Å²) in [6.45, 7) is 2.62. The van der Waals surface area contributed by atoms with Crippen LogP contribution in [0.4, 0.5) is 20.3 Å². The molecule has 1 saturated heterocycles. The van der Waals surface area contributed by atoms with E-state index in [0.29, 0.717) is 43.2 Å². The number of hydrogen-bond acceptors (Lipinski definition) is 6. The molecule has 0 spiro atoms. The van der Waals surface area contributed by atoms with E-state index in [9.17, 15) is 18.4 Å². The standard InChI is InChI=1S/C26H20F2N4O3/c27-18-3-1-2-17(12-18)26(34)30-19-5-6-20(21(28)14-19)25(33)16-4-7-22-23(13-16)31-24(15-29-22)32-8-10-35-11-9-32/h1-7,12-15H,8-11H2,(H,30,34). The minimum Gasteiger partial charge on any atom is -0.378 e. The van der Waals surface area contributed by atoms with Gasteiger partial charge in [0, 0.05) is 29.9 Å². The minimum atomic E-state index is -0.791. The number of nitrogens with zero attached hydrogens (tertiary/aromatic N) is 3. The quantitative estimate of drug-likeness (QED) is 0.436. The molecule has 1 aromatic heterocycles. The lowest BCUT2D eigenvalue weighted by atomic mass is 10.0. The summed E-state index contributed by atoms with van der Waals surface area (Å²) in [5, 5.41) is 2.51. The molecular weight excluding hydrogens is 454 g/mol. The van der Waals surface area contributed by atoms with Crippen LogP contribution in [0, 0.1) is 11.6 Å². The molecule has 4 aromatic rings. The zero-order chi connectivity index (χ0) is 24.4. The molecule has 35 heavy (non-hydrogen) atoms. The van der Waals surface area contributed by atoms with Gasteiger partial charge in [-0.2, -0.15) is 0 Å². The van der Waals surface area contributed by atoms with Gasteiger partial charge in [-0.05, 0) is 54.6 Å². The Hall–Kier alpha value is -4.24. The summed E-state index contributed by atoms with van der Waals surface area (Å²) in [5.41, 5.74) is 1.51. The zero-order valence-electron chi connectivity index (χ0n) is 18.5. The van der Waals surface area contributed by atoms with E-state index in [1.54, 1.807) is 24.4 Å². The lowest BCUT2D eigenvalue weighted by molar-refractivity contribution is 0.102. The molecule has 3 aromatic carbocycles. The number of ketones is 1. The fourth-order valence-corrected chi connectivity index (χ4v) is 3.85. The molecule has 0 bridgehead atoms. The Morgan fingerprint density at radius 2 is 1.74 bits per heavy atom. The number of carbonyl (C=O) groups excluding carboxylic acids is 2. The molecule has 7 nitrogen and oxygen atoms in total. The van der Waals surface area contributed by atoms with E-state index in [4.69, 9.17) is 4.74 Å². The molecule has 0 atom stereocenters. The Bertz CT molecular complexity index is 1440. The highest BCUT2D eigenvalue weighted by atomic mass is 19.1. The average Bonchev–Trinajstić information content (AvgIpc) is 2.88. The predicted octanol–water partition coefficient (Wildman–Crippen LogP) is 4.23. The summed E-state index contributed by atoms with van der Waals surface area (Å²) in [5.74, 6) is -1.77. The van der Waals surface area contributed by atoms with Crippen molar-refractivity contribution in [3.05, 3.63) is 95.2 Å². The van der Waals surface area contributed by atoms with Gasteiger partial charge in [-0.1, -0.05) is 6.07 Å². The molecule has 2 heterocycles. The van der Waals surface area contributed by atoms with Crippen molar-refractivity contribution in [3.63, 3.8) is 0 Å². The van der Waals surface area contributed by atoms with Gasteiger partial charge in [0.15, 0.2) is 5.78 Å². The summed E-state index contributed by atoms with van der Waals surface area (Å²) < 4.78 is 33.6. The Labute approximate surface area is 199 Å². The summed E-state index contributed by atoms with van der Waals surface area (Å²) in [6.07, 6.45) is 1.69. The number of nitrogens with one attached hydrogen (secondary N) is 1. The number of fused-ring (bicyclic) bond motifs is 1. The Kier molecular flexibility index (Phi) is 6.15. The molecule has 1 fully saturated rings. The number of rotatable bonds is 5. The van der Waals surface area contributed by atoms with Crippen molar-refractivity contribution in [2.45, 2.75) is 0 Å². The molecule has 1 aliphatic heterocycles. The van der Waals surface area contributed by atoms with Crippen LogP contribution in [0.5, 0.6) is 0 Å². The van der Waals surface area contributed by atoms with E-state index >= 15 is 0 Å². The lowest BCUT2D eigenvalue weighted by Crippen LogP contribution is -2.36. The second-order valence-electron chi connectivity index (χ2n) is 8.02. The first kappa shape index (κ1) is 22.5. The number of aromatic nitrogens is 2. The van der Waals surface area contributed by atoms with E-state index in [1.165, 1.54) is 30.3 Å². The second kappa shape index (κ2) is 9.55. The average molecular weight is 474 g/mol. The van der Waals surface area contributed by atoms with Crippen molar-refractivity contribution in [2.75, 3.05) is 36.5 Å². The molecule has 1 amide bonds. The summed E-state index contributed by atoms with van der Waals surface area (Å²) in [6, 6.07) is 13.8. The second-order valence-corrected chi connectivity index (χ2v) is 8.02. The third-order valence-corrected chi connectivity index (χ3v) is 5.69. The summed E-state index contributed by atoms with van der Waals surface area (Å²) in [7, 11) is 0. The first-order valence-electron chi connectivity index (χ1n) is 11.0. The maximum Gasteiger partial charge on any atom is 0.255 e. The molecule has 1 N–H and O–H groups in total. The predicted molar refractivity (Wildman–Crippen MR) is 127 cm³/mol. The number of morpholine rings is 1. The Balaban J connectivity index is 1.37. The van der Waals surface area contributed by atoms with Crippen molar-refractivity contribution in [1.29, 1.82) is 0 Å². The Morgan fingerprint density at radius 1 is 0.914 bits per heavy atom. The molecular formula is C26H20F2N4O3. The number of halogens is 2. The number of carbonyl (C=O) groups is 2. The molecule has 5 rings (SSSR count). The van der Waals surface area contributed by atoms with E-state index in [1.807, 2.05) is 0 Å². The fraction of sp³-hybridized carbons (Fsp3) is 0.154. The molecule has 1 aliphatic rings. The van der Waals surface area contributed by atoms with Gasteiger partial charge in [-0.25, -0.2) is 13.8 Å². The first-order chi connectivity index (χ1) is 17.0. The van der Waals surface area contributed by atoms with Crippen LogP contribution in [0.15, 0.2) is 66.9 Å². The van der Waals surface area contributed by atoms with Crippen LogP contribution in [-0.4, -0.2) is 48.0 Å². The summed E-state index contributed by atoms with van der Waals surface area (Å²) in [4.78, 5) is 36.4. The molecule has 0 unspecified atom stereocenters. The van der Waals surface area contributed by atoms with E-state index in [0.717, 1.165) is 12.1 Å². The van der Waals surface area contributed by atoms with Crippen LogP contribution in [0.25, 0.3) is 11.0 Å². The highest BCUT2D eigenvalue weighted by molar-refractivity contribution is 6.11. The van der Waals surface area contributed by atoms with E-state index in [-0.39, 0.29) is 22.4 Å². The van der Waals surface area contributed by atoms with Gasteiger partial charge in [0.2, 0.25) is 0 Å². The van der Waals surface area contributed by atoms with E-state index < -0.39 is 23.3 Å². The molecule has 0 saturated carbocycles. The number of anilines is 2. The van der Waals surface area contributed by atoms with Crippen LogP contribution in [0.3, 0.4) is 0 Å². The number of benzene rings is 3. The van der Waals surface area contributed by atoms with Gasteiger partial charge in [-0.3, -0.25) is 14.6 Å². The largest absolute Gasteiger partial charge is 0.378 e. The number of amides is 1. The maximum absolute atomic E-state index is 14.8. The summed E-state index contributed by atoms with van der Waals surface area (Å²) >= 11 is 0. The van der Waals surface area contributed by atoms with Gasteiger partial charge in [-0.15, -0.1) is 0 Å². The normalized spacial score (nSPS) is 13.6.